The molecule has 0 amide bonds. The maximum absolute atomic E-state index is 12.5. The van der Waals surface area contributed by atoms with E-state index in [2.05, 4.69) is 0 Å². The molecule has 0 aromatic carbocycles. The van der Waals surface area contributed by atoms with Crippen LogP contribution in [0.2, 0.25) is 0 Å². The Balaban J connectivity index is 2.32. The minimum Gasteiger partial charge on any atom is -0.464 e. The Labute approximate surface area is 123 Å². The lowest BCUT2D eigenvalue weighted by Crippen LogP contribution is -2.33. The standard InChI is InChI=1S/C11H16ClNO5S2/c1-9-11(7-10(8-12)18-9)20(16,17)13-3-2-5-19(14,15)6-4-13/h7H,2-6,8H2,1H3. The lowest BCUT2D eigenvalue weighted by Gasteiger charge is -2.18. The van der Waals surface area contributed by atoms with Crippen LogP contribution in [0.15, 0.2) is 15.4 Å². The number of halogens is 1. The number of furan rings is 1. The molecule has 1 aromatic rings. The van der Waals surface area contributed by atoms with Crippen LogP contribution in [0, 0.1) is 6.92 Å². The van der Waals surface area contributed by atoms with Gasteiger partial charge >= 0.3 is 0 Å². The monoisotopic (exact) mass is 341 g/mol. The molecule has 0 atom stereocenters. The number of sulfone groups is 1. The first-order chi connectivity index (χ1) is 9.26. The molecule has 0 bridgehead atoms. The third kappa shape index (κ3) is 3.19. The molecule has 2 rings (SSSR count). The number of aryl methyl sites for hydroxylation is 1. The highest BCUT2D eigenvalue weighted by molar-refractivity contribution is 7.91. The van der Waals surface area contributed by atoms with Crippen LogP contribution in [-0.4, -0.2) is 45.7 Å². The summed E-state index contributed by atoms with van der Waals surface area (Å²) in [7, 11) is -6.89. The molecule has 0 radical (unpaired) electrons. The Morgan fingerprint density at radius 1 is 1.35 bits per heavy atom. The zero-order valence-electron chi connectivity index (χ0n) is 11.0. The van der Waals surface area contributed by atoms with Gasteiger partial charge in [0.15, 0.2) is 9.84 Å². The largest absolute Gasteiger partial charge is 0.464 e. The van der Waals surface area contributed by atoms with Crippen LogP contribution in [-0.2, 0) is 25.7 Å². The van der Waals surface area contributed by atoms with Crippen molar-refractivity contribution in [2.45, 2.75) is 24.1 Å². The summed E-state index contributed by atoms with van der Waals surface area (Å²) in [5, 5.41) is 0. The fourth-order valence-electron chi connectivity index (χ4n) is 2.14. The van der Waals surface area contributed by atoms with Crippen LogP contribution < -0.4 is 0 Å². The number of rotatable bonds is 3. The fraction of sp³-hybridized carbons (Fsp3) is 0.636. The molecule has 1 aliphatic heterocycles. The highest BCUT2D eigenvalue weighted by Gasteiger charge is 2.31. The van der Waals surface area contributed by atoms with Crippen LogP contribution in [0.4, 0.5) is 0 Å². The molecule has 114 valence electrons. The molecule has 2 heterocycles. The first-order valence-corrected chi connectivity index (χ1v) is 9.92. The van der Waals surface area contributed by atoms with Gasteiger partial charge in [-0.3, -0.25) is 0 Å². The number of hydrogen-bond acceptors (Lipinski definition) is 5. The summed E-state index contributed by atoms with van der Waals surface area (Å²) >= 11 is 5.63. The highest BCUT2D eigenvalue weighted by atomic mass is 35.5. The smallest absolute Gasteiger partial charge is 0.246 e. The van der Waals surface area contributed by atoms with Crippen LogP contribution in [0.5, 0.6) is 0 Å². The van der Waals surface area contributed by atoms with Gasteiger partial charge in [0.05, 0.1) is 17.4 Å². The third-order valence-corrected chi connectivity index (χ3v) is 7.17. The topological polar surface area (TPSA) is 84.7 Å². The molecule has 20 heavy (non-hydrogen) atoms. The second-order valence-electron chi connectivity index (χ2n) is 4.68. The molecular weight excluding hydrogens is 326 g/mol. The summed E-state index contributed by atoms with van der Waals surface area (Å²) in [4.78, 5) is 0.0625. The summed E-state index contributed by atoms with van der Waals surface area (Å²) in [6.07, 6.45) is 0.306. The Hall–Kier alpha value is -0.570. The Kier molecular flexibility index (Phi) is 4.48. The van der Waals surface area contributed by atoms with Crippen molar-refractivity contribution < 1.29 is 21.3 Å². The predicted octanol–water partition coefficient (Wildman–Crippen LogP) is 1.14. The van der Waals surface area contributed by atoms with E-state index in [0.717, 1.165) is 0 Å². The predicted molar refractivity (Wildman–Crippen MR) is 75.0 cm³/mol. The van der Waals surface area contributed by atoms with Crippen LogP contribution in [0.3, 0.4) is 0 Å². The second-order valence-corrected chi connectivity index (χ2v) is 9.15. The third-order valence-electron chi connectivity index (χ3n) is 3.19. The van der Waals surface area contributed by atoms with Gasteiger partial charge in [0.1, 0.15) is 16.4 Å². The zero-order valence-corrected chi connectivity index (χ0v) is 13.4. The van der Waals surface area contributed by atoms with E-state index in [-0.39, 0.29) is 41.1 Å². The van der Waals surface area contributed by atoms with E-state index in [1.807, 2.05) is 0 Å². The summed E-state index contributed by atoms with van der Waals surface area (Å²) in [6, 6.07) is 1.40. The minimum absolute atomic E-state index is 0.0223. The zero-order chi connectivity index (χ0) is 15.0. The van der Waals surface area contributed by atoms with E-state index in [4.69, 9.17) is 16.0 Å². The van der Waals surface area contributed by atoms with Crippen molar-refractivity contribution in [3.8, 4) is 0 Å². The van der Waals surface area contributed by atoms with Crippen molar-refractivity contribution in [2.75, 3.05) is 24.6 Å². The van der Waals surface area contributed by atoms with Gasteiger partial charge in [-0.25, -0.2) is 16.8 Å². The van der Waals surface area contributed by atoms with Crippen molar-refractivity contribution in [1.29, 1.82) is 0 Å². The maximum atomic E-state index is 12.5. The molecule has 1 saturated heterocycles. The fourth-order valence-corrected chi connectivity index (χ4v) is 5.32. The van der Waals surface area contributed by atoms with Crippen molar-refractivity contribution in [2.24, 2.45) is 0 Å². The van der Waals surface area contributed by atoms with E-state index in [1.54, 1.807) is 6.92 Å². The summed E-state index contributed by atoms with van der Waals surface area (Å²) < 4.78 is 54.6. The van der Waals surface area contributed by atoms with Gasteiger partial charge < -0.3 is 4.42 Å². The van der Waals surface area contributed by atoms with E-state index in [9.17, 15) is 16.8 Å². The Morgan fingerprint density at radius 2 is 2.05 bits per heavy atom. The maximum Gasteiger partial charge on any atom is 0.246 e. The summed E-state index contributed by atoms with van der Waals surface area (Å²) in [5.74, 6) is 0.616. The second kappa shape index (κ2) is 5.67. The van der Waals surface area contributed by atoms with Gasteiger partial charge in [0.2, 0.25) is 10.0 Å². The SMILES string of the molecule is Cc1oc(CCl)cc1S(=O)(=O)N1CCCS(=O)(=O)CC1. The van der Waals surface area contributed by atoms with Crippen molar-refractivity contribution in [3.63, 3.8) is 0 Å². The molecule has 1 aliphatic rings. The van der Waals surface area contributed by atoms with Crippen molar-refractivity contribution in [1.82, 2.24) is 4.31 Å². The van der Waals surface area contributed by atoms with Crippen molar-refractivity contribution in [3.05, 3.63) is 17.6 Å². The molecule has 6 nitrogen and oxygen atoms in total. The molecule has 1 fully saturated rings. The normalized spacial score (nSPS) is 20.7. The first-order valence-electron chi connectivity index (χ1n) is 6.12. The Bertz CT molecular complexity index is 692. The van der Waals surface area contributed by atoms with E-state index in [0.29, 0.717) is 12.2 Å². The Morgan fingerprint density at radius 3 is 2.65 bits per heavy atom. The van der Waals surface area contributed by atoms with Crippen LogP contribution in [0.25, 0.3) is 0 Å². The van der Waals surface area contributed by atoms with Gasteiger partial charge in [-0.15, -0.1) is 11.6 Å². The number of hydrogen-bond donors (Lipinski definition) is 0. The van der Waals surface area contributed by atoms with E-state index < -0.39 is 19.9 Å². The van der Waals surface area contributed by atoms with Gasteiger partial charge in [-0.05, 0) is 13.3 Å². The van der Waals surface area contributed by atoms with Crippen molar-refractivity contribution >= 4 is 31.5 Å². The average molecular weight is 342 g/mol. The number of alkyl halides is 1. The molecule has 0 aliphatic carbocycles. The quantitative estimate of drug-likeness (QED) is 0.769. The number of nitrogens with zero attached hydrogens (tertiary/aromatic N) is 1. The number of sulfonamides is 1. The lowest BCUT2D eigenvalue weighted by atomic mass is 10.4. The minimum atomic E-state index is -3.74. The van der Waals surface area contributed by atoms with Crippen LogP contribution in [0.1, 0.15) is 17.9 Å². The molecule has 1 aromatic heterocycles. The summed E-state index contributed by atoms with van der Waals surface area (Å²) in [6.45, 7) is 1.73. The lowest BCUT2D eigenvalue weighted by molar-refractivity contribution is 0.431. The summed E-state index contributed by atoms with van der Waals surface area (Å²) in [5.41, 5.74) is 0. The molecule has 9 heteroatoms. The van der Waals surface area contributed by atoms with Gasteiger partial charge in [-0.2, -0.15) is 4.31 Å². The first kappa shape index (κ1) is 15.8. The molecule has 0 N–H and O–H groups in total. The van der Waals surface area contributed by atoms with Crippen LogP contribution >= 0.6 is 11.6 Å². The van der Waals surface area contributed by atoms with Gasteiger partial charge in [0.25, 0.3) is 0 Å². The molecule has 0 saturated carbocycles. The molecule has 0 unspecified atom stereocenters. The molecule has 0 spiro atoms. The van der Waals surface area contributed by atoms with E-state index >= 15 is 0 Å². The highest BCUT2D eigenvalue weighted by Crippen LogP contribution is 2.25. The average Bonchev–Trinajstić information content (AvgIpc) is 2.64. The van der Waals surface area contributed by atoms with Gasteiger partial charge in [0, 0.05) is 19.2 Å². The van der Waals surface area contributed by atoms with E-state index in [1.165, 1.54) is 10.4 Å². The van der Waals surface area contributed by atoms with Gasteiger partial charge in [-0.1, -0.05) is 0 Å². The molecular formula is C11H16ClNO5S2.